The molecule has 1 heterocycles. The maximum atomic E-state index is 12.9. The number of carbonyl (C=O) groups excluding carboxylic acids is 2. The highest BCUT2D eigenvalue weighted by Gasteiger charge is 2.38. The zero-order valence-electron chi connectivity index (χ0n) is 15.8. The molecule has 1 aliphatic heterocycles. The molecule has 2 aromatic rings. The van der Waals surface area contributed by atoms with Crippen molar-refractivity contribution in [3.8, 4) is 0 Å². The lowest BCUT2D eigenvalue weighted by Gasteiger charge is -2.34. The van der Waals surface area contributed by atoms with Crippen LogP contribution < -0.4 is 5.32 Å². The van der Waals surface area contributed by atoms with E-state index >= 15 is 0 Å². The molecule has 1 atom stereocenters. The van der Waals surface area contributed by atoms with Crippen molar-refractivity contribution in [3.63, 3.8) is 0 Å². The van der Waals surface area contributed by atoms with Crippen molar-refractivity contribution in [1.29, 1.82) is 0 Å². The largest absolute Gasteiger partial charge is 0.463 e. The molecule has 0 saturated carbocycles. The first kappa shape index (κ1) is 20.4. The lowest BCUT2D eigenvalue weighted by molar-refractivity contribution is -0.139. The molecule has 0 aliphatic carbocycles. The van der Waals surface area contributed by atoms with Gasteiger partial charge in [0.05, 0.1) is 29.5 Å². The molecular formula is C21H19F3N2O3. The molecule has 2 amide bonds. The van der Waals surface area contributed by atoms with Crippen molar-refractivity contribution < 1.29 is 27.5 Å². The van der Waals surface area contributed by atoms with Gasteiger partial charge in [-0.1, -0.05) is 42.5 Å². The number of urea groups is 1. The molecule has 3 rings (SSSR count). The van der Waals surface area contributed by atoms with Crippen molar-refractivity contribution in [2.24, 2.45) is 0 Å². The zero-order valence-corrected chi connectivity index (χ0v) is 15.8. The van der Waals surface area contributed by atoms with E-state index in [-0.39, 0.29) is 12.2 Å². The van der Waals surface area contributed by atoms with E-state index < -0.39 is 29.8 Å². The molecule has 0 fully saturated rings. The number of ether oxygens (including phenoxy) is 1. The van der Waals surface area contributed by atoms with Crippen molar-refractivity contribution in [2.45, 2.75) is 19.1 Å². The quantitative estimate of drug-likeness (QED) is 0.770. The molecular weight excluding hydrogens is 385 g/mol. The zero-order chi connectivity index (χ0) is 21.2. The lowest BCUT2D eigenvalue weighted by Crippen LogP contribution is -2.46. The summed E-state index contributed by atoms with van der Waals surface area (Å²) in [4.78, 5) is 26.7. The molecule has 1 aliphatic rings. The second kappa shape index (κ2) is 7.98. The minimum Gasteiger partial charge on any atom is -0.463 e. The summed E-state index contributed by atoms with van der Waals surface area (Å²) < 4.78 is 43.9. The van der Waals surface area contributed by atoms with Gasteiger partial charge in [0, 0.05) is 7.05 Å². The van der Waals surface area contributed by atoms with Gasteiger partial charge in [-0.2, -0.15) is 13.2 Å². The Morgan fingerprint density at radius 1 is 1.10 bits per heavy atom. The van der Waals surface area contributed by atoms with Crippen LogP contribution in [-0.4, -0.2) is 30.6 Å². The number of hydrogen-bond acceptors (Lipinski definition) is 3. The molecule has 0 unspecified atom stereocenters. The fourth-order valence-electron chi connectivity index (χ4n) is 3.19. The third-order valence-corrected chi connectivity index (χ3v) is 4.57. The number of carbonyl (C=O) groups is 2. The highest BCUT2D eigenvalue weighted by atomic mass is 19.4. The predicted molar refractivity (Wildman–Crippen MR) is 100 cm³/mol. The van der Waals surface area contributed by atoms with Crippen molar-refractivity contribution in [3.05, 3.63) is 76.9 Å². The second-order valence-corrected chi connectivity index (χ2v) is 6.41. The van der Waals surface area contributed by atoms with Crippen molar-refractivity contribution >= 4 is 17.7 Å². The Labute approximate surface area is 165 Å². The van der Waals surface area contributed by atoms with Crippen LogP contribution in [-0.2, 0) is 15.7 Å². The Hall–Kier alpha value is -3.29. The Morgan fingerprint density at radius 2 is 1.72 bits per heavy atom. The Balaban J connectivity index is 2.17. The van der Waals surface area contributed by atoms with Crippen LogP contribution in [0.3, 0.4) is 0 Å². The summed E-state index contributed by atoms with van der Waals surface area (Å²) in [6.45, 7) is 1.76. The summed E-state index contributed by atoms with van der Waals surface area (Å²) in [6.07, 6.45) is -4.48. The number of hydrogen-bond donors (Lipinski definition) is 1. The molecule has 0 bridgehead atoms. The number of rotatable bonds is 4. The maximum Gasteiger partial charge on any atom is 0.416 e. The SMILES string of the molecule is CCOC(=O)C1=C(c2ccccc2)N(C)C(=O)N[C@H]1c1ccc(C(F)(F)F)cc1. The lowest BCUT2D eigenvalue weighted by atomic mass is 9.91. The molecule has 5 nitrogen and oxygen atoms in total. The fourth-order valence-corrected chi connectivity index (χ4v) is 3.19. The third kappa shape index (κ3) is 4.11. The molecule has 0 saturated heterocycles. The van der Waals surface area contributed by atoms with Gasteiger partial charge < -0.3 is 10.1 Å². The average Bonchev–Trinajstić information content (AvgIpc) is 2.70. The number of halogens is 3. The van der Waals surface area contributed by atoms with Crippen molar-refractivity contribution in [1.82, 2.24) is 10.2 Å². The van der Waals surface area contributed by atoms with Crippen molar-refractivity contribution in [2.75, 3.05) is 13.7 Å². The van der Waals surface area contributed by atoms with Gasteiger partial charge in [0.25, 0.3) is 0 Å². The van der Waals surface area contributed by atoms with Gasteiger partial charge >= 0.3 is 18.2 Å². The minimum atomic E-state index is -4.48. The highest BCUT2D eigenvalue weighted by molar-refractivity contribution is 6.04. The first-order valence-corrected chi connectivity index (χ1v) is 8.92. The van der Waals surface area contributed by atoms with E-state index in [9.17, 15) is 22.8 Å². The van der Waals surface area contributed by atoms with Gasteiger partial charge in [-0.15, -0.1) is 0 Å². The van der Waals surface area contributed by atoms with Crippen LogP contribution in [0.4, 0.5) is 18.0 Å². The third-order valence-electron chi connectivity index (χ3n) is 4.57. The number of nitrogens with zero attached hydrogens (tertiary/aromatic N) is 1. The van der Waals surface area contributed by atoms with Gasteiger partial charge in [0.15, 0.2) is 0 Å². The van der Waals surface area contributed by atoms with E-state index in [1.165, 1.54) is 24.1 Å². The van der Waals surface area contributed by atoms with E-state index in [1.807, 2.05) is 0 Å². The Bertz CT molecular complexity index is 938. The molecule has 2 aromatic carbocycles. The summed E-state index contributed by atoms with van der Waals surface area (Å²) in [6, 6.07) is 11.7. The monoisotopic (exact) mass is 404 g/mol. The van der Waals surface area contributed by atoms with Crippen LogP contribution in [0.5, 0.6) is 0 Å². The highest BCUT2D eigenvalue weighted by Crippen LogP contribution is 2.37. The van der Waals surface area contributed by atoms with E-state index in [1.54, 1.807) is 37.3 Å². The second-order valence-electron chi connectivity index (χ2n) is 6.41. The summed E-state index contributed by atoms with van der Waals surface area (Å²) in [7, 11) is 1.51. The molecule has 0 radical (unpaired) electrons. The van der Waals surface area contributed by atoms with Crippen LogP contribution in [0.15, 0.2) is 60.2 Å². The van der Waals surface area contributed by atoms with Crippen LogP contribution in [0, 0.1) is 0 Å². The first-order chi connectivity index (χ1) is 13.7. The fraction of sp³-hybridized carbons (Fsp3) is 0.238. The molecule has 0 aromatic heterocycles. The van der Waals surface area contributed by atoms with E-state index in [0.717, 1.165) is 12.1 Å². The first-order valence-electron chi connectivity index (χ1n) is 8.92. The number of amides is 2. The molecule has 152 valence electrons. The van der Waals surface area contributed by atoms with Crippen LogP contribution in [0.1, 0.15) is 29.7 Å². The van der Waals surface area contributed by atoms with E-state index in [0.29, 0.717) is 16.8 Å². The minimum absolute atomic E-state index is 0.113. The summed E-state index contributed by atoms with van der Waals surface area (Å²) in [5.74, 6) is -0.650. The van der Waals surface area contributed by atoms with Gasteiger partial charge in [0.1, 0.15) is 0 Å². The molecule has 29 heavy (non-hydrogen) atoms. The van der Waals surface area contributed by atoms with Crippen LogP contribution >= 0.6 is 0 Å². The maximum absolute atomic E-state index is 12.9. The number of nitrogens with one attached hydrogen (secondary N) is 1. The van der Waals surface area contributed by atoms with E-state index in [2.05, 4.69) is 5.32 Å². The van der Waals surface area contributed by atoms with Gasteiger partial charge in [-0.25, -0.2) is 9.59 Å². The summed E-state index contributed by atoms with van der Waals surface area (Å²) in [5, 5.41) is 2.68. The van der Waals surface area contributed by atoms with Crippen LogP contribution in [0.25, 0.3) is 5.70 Å². The standard InChI is InChI=1S/C21H19F3N2O3/c1-3-29-19(27)16-17(13-9-11-15(12-10-13)21(22,23)24)25-20(28)26(2)18(16)14-7-5-4-6-8-14/h4-12,17H,3H2,1-2H3,(H,25,28)/t17-/m0/s1. The van der Waals surface area contributed by atoms with Gasteiger partial charge in [-0.3, -0.25) is 4.90 Å². The molecule has 0 spiro atoms. The van der Waals surface area contributed by atoms with Gasteiger partial charge in [0.2, 0.25) is 0 Å². The number of benzene rings is 2. The molecule has 1 N–H and O–H groups in total. The summed E-state index contributed by atoms with van der Waals surface area (Å²) >= 11 is 0. The topological polar surface area (TPSA) is 58.6 Å². The normalized spacial score (nSPS) is 17.2. The number of esters is 1. The van der Waals surface area contributed by atoms with Gasteiger partial charge in [-0.05, 0) is 30.2 Å². The molecule has 8 heteroatoms. The van der Waals surface area contributed by atoms with E-state index in [4.69, 9.17) is 4.74 Å². The smallest absolute Gasteiger partial charge is 0.416 e. The Kier molecular flexibility index (Phi) is 5.63. The predicted octanol–water partition coefficient (Wildman–Crippen LogP) is 4.38. The summed E-state index contributed by atoms with van der Waals surface area (Å²) in [5.41, 5.74) is 0.642. The van der Waals surface area contributed by atoms with Crippen LogP contribution in [0.2, 0.25) is 0 Å². The average molecular weight is 404 g/mol. The Morgan fingerprint density at radius 3 is 2.28 bits per heavy atom. The number of alkyl halides is 3.